The molecule has 0 unspecified atom stereocenters. The summed E-state index contributed by atoms with van der Waals surface area (Å²) in [6.07, 6.45) is 9.68. The van der Waals surface area contributed by atoms with Gasteiger partial charge >= 0.3 is 0 Å². The molecule has 4 rings (SSSR count). The molecule has 1 aliphatic carbocycles. The van der Waals surface area contributed by atoms with Crippen molar-refractivity contribution in [1.29, 1.82) is 0 Å². The number of hydrogen-bond donors (Lipinski definition) is 1. The molecule has 0 spiro atoms. The van der Waals surface area contributed by atoms with Crippen LogP contribution in [0.25, 0.3) is 5.57 Å². The second-order valence-corrected chi connectivity index (χ2v) is 6.57. The minimum absolute atomic E-state index is 0.724. The van der Waals surface area contributed by atoms with Gasteiger partial charge < -0.3 is 5.32 Å². The van der Waals surface area contributed by atoms with Crippen molar-refractivity contribution in [3.8, 4) is 0 Å². The van der Waals surface area contributed by atoms with Crippen molar-refractivity contribution < 1.29 is 0 Å². The van der Waals surface area contributed by atoms with E-state index < -0.39 is 0 Å². The van der Waals surface area contributed by atoms with Crippen molar-refractivity contribution >= 4 is 11.9 Å². The van der Waals surface area contributed by atoms with Gasteiger partial charge in [-0.1, -0.05) is 31.2 Å². The zero-order valence-electron chi connectivity index (χ0n) is 14.3. The van der Waals surface area contributed by atoms with Gasteiger partial charge in [0.05, 0.1) is 25.1 Å². The highest BCUT2D eigenvalue weighted by atomic mass is 15.3. The molecule has 0 fully saturated rings. The van der Waals surface area contributed by atoms with Crippen LogP contribution in [0.1, 0.15) is 47.8 Å². The maximum atomic E-state index is 5.02. The Morgan fingerprint density at radius 3 is 2.75 bits per heavy atom. The first-order valence-corrected chi connectivity index (χ1v) is 8.96. The summed E-state index contributed by atoms with van der Waals surface area (Å²) < 4.78 is 2.25. The Morgan fingerprint density at radius 2 is 1.96 bits per heavy atom. The summed E-state index contributed by atoms with van der Waals surface area (Å²) in [6, 6.07) is 8.73. The number of aromatic nitrogens is 2. The molecule has 0 saturated carbocycles. The molecule has 1 aromatic heterocycles. The summed E-state index contributed by atoms with van der Waals surface area (Å²) >= 11 is 0. The molecule has 4 heteroatoms. The molecular weight excluding hydrogens is 296 g/mol. The number of benzene rings is 1. The molecule has 0 saturated heterocycles. The average Bonchev–Trinajstić information content (AvgIpc) is 3.02. The van der Waals surface area contributed by atoms with Crippen LogP contribution in [0.2, 0.25) is 0 Å². The lowest BCUT2D eigenvalue weighted by atomic mass is 9.93. The maximum absolute atomic E-state index is 5.02. The summed E-state index contributed by atoms with van der Waals surface area (Å²) in [5.41, 5.74) is 8.04. The van der Waals surface area contributed by atoms with Crippen LogP contribution < -0.4 is 5.32 Å². The summed E-state index contributed by atoms with van der Waals surface area (Å²) in [4.78, 5) is 4.35. The highest BCUT2D eigenvalue weighted by Crippen LogP contribution is 2.30. The van der Waals surface area contributed by atoms with Crippen LogP contribution in [0.3, 0.4) is 0 Å². The number of hydrogen-bond acceptors (Lipinski definition) is 3. The van der Waals surface area contributed by atoms with Crippen LogP contribution in [-0.2, 0) is 25.8 Å². The second-order valence-electron chi connectivity index (χ2n) is 6.57. The molecular formula is C20H24N4. The Hall–Kier alpha value is -2.36. The molecule has 0 amide bonds. The Kier molecular flexibility index (Phi) is 4.20. The zero-order valence-corrected chi connectivity index (χ0v) is 14.3. The summed E-state index contributed by atoms with van der Waals surface area (Å²) in [5.74, 6) is 0. The van der Waals surface area contributed by atoms with E-state index in [2.05, 4.69) is 52.4 Å². The molecule has 2 aromatic rings. The Labute approximate surface area is 143 Å². The average molecular weight is 320 g/mol. The fraction of sp³-hybridized carbons (Fsp3) is 0.400. The normalized spacial score (nSPS) is 16.5. The lowest BCUT2D eigenvalue weighted by Gasteiger charge is -2.16. The van der Waals surface area contributed by atoms with Crippen molar-refractivity contribution in [2.45, 2.75) is 45.6 Å². The monoisotopic (exact) mass is 320 g/mol. The van der Waals surface area contributed by atoms with E-state index in [1.54, 1.807) is 6.34 Å². The molecule has 1 aliphatic heterocycles. The third-order valence-electron chi connectivity index (χ3n) is 5.07. The van der Waals surface area contributed by atoms with E-state index in [9.17, 15) is 0 Å². The first-order chi connectivity index (χ1) is 11.9. The number of aliphatic imine (C=N–C) groups is 1. The van der Waals surface area contributed by atoms with Crippen molar-refractivity contribution in [3.05, 3.63) is 58.5 Å². The largest absolute Gasteiger partial charge is 0.353 e. The van der Waals surface area contributed by atoms with Gasteiger partial charge in [0.25, 0.3) is 0 Å². The van der Waals surface area contributed by atoms with Crippen LogP contribution in [0.5, 0.6) is 0 Å². The van der Waals surface area contributed by atoms with Crippen LogP contribution >= 0.6 is 0 Å². The predicted molar refractivity (Wildman–Crippen MR) is 98.3 cm³/mol. The Morgan fingerprint density at radius 1 is 1.12 bits per heavy atom. The maximum Gasteiger partial charge on any atom is 0.0951 e. The zero-order chi connectivity index (χ0) is 16.4. The molecule has 2 heterocycles. The Balaban J connectivity index is 1.73. The van der Waals surface area contributed by atoms with Gasteiger partial charge in [-0.2, -0.15) is 5.10 Å². The van der Waals surface area contributed by atoms with Gasteiger partial charge in [0.1, 0.15) is 0 Å². The van der Waals surface area contributed by atoms with E-state index in [4.69, 9.17) is 5.10 Å². The summed E-state index contributed by atoms with van der Waals surface area (Å²) in [5, 5.41) is 8.14. The van der Waals surface area contributed by atoms with E-state index in [0.29, 0.717) is 0 Å². The first-order valence-electron chi connectivity index (χ1n) is 8.96. The number of fused-ring (bicyclic) bond motifs is 1. The summed E-state index contributed by atoms with van der Waals surface area (Å²) in [7, 11) is 0. The number of rotatable bonds is 4. The third kappa shape index (κ3) is 2.77. The minimum Gasteiger partial charge on any atom is -0.353 e. The number of nitrogens with one attached hydrogen (secondary N) is 1. The van der Waals surface area contributed by atoms with Crippen molar-refractivity contribution in [3.63, 3.8) is 0 Å². The molecule has 1 N–H and O–H groups in total. The molecule has 124 valence electrons. The molecule has 0 radical (unpaired) electrons. The minimum atomic E-state index is 0.724. The predicted octanol–water partition coefficient (Wildman–Crippen LogP) is 3.35. The Bertz CT molecular complexity index is 798. The van der Waals surface area contributed by atoms with Gasteiger partial charge in [0.2, 0.25) is 0 Å². The molecule has 0 bridgehead atoms. The fourth-order valence-electron chi connectivity index (χ4n) is 3.80. The topological polar surface area (TPSA) is 42.2 Å². The van der Waals surface area contributed by atoms with Crippen LogP contribution in [0.15, 0.2) is 35.5 Å². The third-order valence-corrected chi connectivity index (χ3v) is 5.07. The van der Waals surface area contributed by atoms with E-state index in [1.807, 2.05) is 0 Å². The van der Waals surface area contributed by atoms with E-state index >= 15 is 0 Å². The standard InChI is InChI=1S/C20H24N4/c1-2-15-7-3-4-8-16(15)13-24-19-10-6-5-9-18(19)20(23-24)17-11-21-14-22-12-17/h3-4,7-8,11,14H,2,5-6,9-10,12-13H2,1H3,(H,21,22). The van der Waals surface area contributed by atoms with Crippen molar-refractivity contribution in [2.24, 2.45) is 4.99 Å². The van der Waals surface area contributed by atoms with E-state index in [-0.39, 0.29) is 0 Å². The lowest BCUT2D eigenvalue weighted by Crippen LogP contribution is -2.11. The van der Waals surface area contributed by atoms with E-state index in [1.165, 1.54) is 40.8 Å². The van der Waals surface area contributed by atoms with Gasteiger partial charge in [0.15, 0.2) is 0 Å². The van der Waals surface area contributed by atoms with Gasteiger partial charge in [-0.15, -0.1) is 0 Å². The number of aryl methyl sites for hydroxylation is 1. The number of nitrogens with zero attached hydrogens (tertiary/aromatic N) is 3. The molecule has 0 atom stereocenters. The van der Waals surface area contributed by atoms with Gasteiger partial charge in [0, 0.05) is 23.0 Å². The molecule has 1 aromatic carbocycles. The molecule has 2 aliphatic rings. The highest BCUT2D eigenvalue weighted by Gasteiger charge is 2.23. The quantitative estimate of drug-likeness (QED) is 0.939. The molecule has 24 heavy (non-hydrogen) atoms. The SMILES string of the molecule is CCc1ccccc1Cn1nc(C2=CNC=NC2)c2c1CCCC2. The van der Waals surface area contributed by atoms with Crippen LogP contribution in [-0.4, -0.2) is 22.7 Å². The molecule has 4 nitrogen and oxygen atoms in total. The van der Waals surface area contributed by atoms with Gasteiger partial charge in [-0.05, 0) is 43.2 Å². The second kappa shape index (κ2) is 6.63. The fourth-order valence-corrected chi connectivity index (χ4v) is 3.80. The van der Waals surface area contributed by atoms with Gasteiger partial charge in [-0.25, -0.2) is 0 Å². The van der Waals surface area contributed by atoms with Crippen molar-refractivity contribution in [1.82, 2.24) is 15.1 Å². The smallest absolute Gasteiger partial charge is 0.0951 e. The van der Waals surface area contributed by atoms with Crippen molar-refractivity contribution in [2.75, 3.05) is 6.54 Å². The van der Waals surface area contributed by atoms with Gasteiger partial charge in [-0.3, -0.25) is 9.67 Å². The van der Waals surface area contributed by atoms with E-state index in [0.717, 1.165) is 38.0 Å². The first kappa shape index (κ1) is 15.2. The van der Waals surface area contributed by atoms with Crippen LogP contribution in [0.4, 0.5) is 0 Å². The highest BCUT2D eigenvalue weighted by molar-refractivity contribution is 5.74. The lowest BCUT2D eigenvalue weighted by molar-refractivity contribution is 0.593. The van der Waals surface area contributed by atoms with Crippen LogP contribution in [0, 0.1) is 0 Å². The summed E-state index contributed by atoms with van der Waals surface area (Å²) in [6.45, 7) is 3.82.